The molecule has 1 aromatic rings. The van der Waals surface area contributed by atoms with Gasteiger partial charge in [0.1, 0.15) is 0 Å². The van der Waals surface area contributed by atoms with Crippen molar-refractivity contribution in [2.75, 3.05) is 13.2 Å². The van der Waals surface area contributed by atoms with E-state index in [9.17, 15) is 23.1 Å². The van der Waals surface area contributed by atoms with Crippen LogP contribution in [0.25, 0.3) is 0 Å². The molecule has 0 saturated carbocycles. The molecule has 0 heterocycles. The molecule has 8 nitrogen and oxygen atoms in total. The molecule has 9 heteroatoms. The van der Waals surface area contributed by atoms with E-state index in [-0.39, 0.29) is 24.5 Å². The molecule has 0 fully saturated rings. The molecule has 0 saturated heterocycles. The van der Waals surface area contributed by atoms with Gasteiger partial charge in [-0.15, -0.1) is 0 Å². The largest absolute Gasteiger partial charge is 0.465 e. The van der Waals surface area contributed by atoms with E-state index in [0.29, 0.717) is 0 Å². The molecule has 1 rings (SSSR count). The van der Waals surface area contributed by atoms with Crippen LogP contribution in [0.5, 0.6) is 0 Å². The Labute approximate surface area is 153 Å². The Kier molecular flexibility index (Phi) is 7.73. The number of hydrogen-bond acceptors (Lipinski definition) is 7. The van der Waals surface area contributed by atoms with Crippen LogP contribution < -0.4 is 4.72 Å². The number of hydrogen-bond donors (Lipinski definition) is 2. The zero-order chi connectivity index (χ0) is 20.0. The maximum Gasteiger partial charge on any atom is 0.340 e. The van der Waals surface area contributed by atoms with Gasteiger partial charge < -0.3 is 14.6 Å². The first kappa shape index (κ1) is 22.1. The number of benzene rings is 1. The van der Waals surface area contributed by atoms with Gasteiger partial charge in [0.05, 0.1) is 18.1 Å². The summed E-state index contributed by atoms with van der Waals surface area (Å²) in [5.74, 6) is -2.17. The molecule has 0 unspecified atom stereocenters. The van der Waals surface area contributed by atoms with Crippen molar-refractivity contribution >= 4 is 22.0 Å². The number of aliphatic hydroxyl groups is 1. The highest BCUT2D eigenvalue weighted by Crippen LogP contribution is 2.22. The summed E-state index contributed by atoms with van der Waals surface area (Å²) in [7, 11) is -4.20. The van der Waals surface area contributed by atoms with Gasteiger partial charge in [0.25, 0.3) is 0 Å². The Bertz CT molecular complexity index is 730. The first-order valence-electron chi connectivity index (χ1n) is 8.27. The minimum Gasteiger partial charge on any atom is -0.465 e. The molecular formula is C17H25NO7S. The molecule has 0 aliphatic heterocycles. The summed E-state index contributed by atoms with van der Waals surface area (Å²) in [6.07, 6.45) is -0.258. The summed E-state index contributed by atoms with van der Waals surface area (Å²) in [6.45, 7) is 6.19. The van der Waals surface area contributed by atoms with E-state index < -0.39 is 33.6 Å². The van der Waals surface area contributed by atoms with Crippen molar-refractivity contribution in [3.05, 3.63) is 29.8 Å². The van der Waals surface area contributed by atoms with Crippen molar-refractivity contribution in [2.45, 2.75) is 50.7 Å². The van der Waals surface area contributed by atoms with Crippen LogP contribution in [0.4, 0.5) is 0 Å². The van der Waals surface area contributed by atoms with Gasteiger partial charge in [0.2, 0.25) is 10.0 Å². The minimum atomic E-state index is -4.20. The topological polar surface area (TPSA) is 119 Å². The van der Waals surface area contributed by atoms with Gasteiger partial charge in [0.15, 0.2) is 11.6 Å². The predicted octanol–water partition coefficient (Wildman–Crippen LogP) is 0.909. The quantitative estimate of drug-likeness (QED) is 0.605. The fourth-order valence-electron chi connectivity index (χ4n) is 2.23. The van der Waals surface area contributed by atoms with Gasteiger partial charge in [-0.2, -0.15) is 4.72 Å². The molecule has 0 aliphatic carbocycles. The summed E-state index contributed by atoms with van der Waals surface area (Å²) in [5.41, 5.74) is -1.55. The SMILES string of the molecule is CCOC(=O)[C@H](NS(=O)(=O)c1ccc(C)cc1)[C@](O)(CC)C(=O)OCC. The molecular weight excluding hydrogens is 362 g/mol. The Morgan fingerprint density at radius 1 is 1.12 bits per heavy atom. The second-order valence-electron chi connectivity index (χ2n) is 5.62. The van der Waals surface area contributed by atoms with Crippen LogP contribution in [0.3, 0.4) is 0 Å². The predicted molar refractivity (Wildman–Crippen MR) is 93.8 cm³/mol. The van der Waals surface area contributed by atoms with Crippen LogP contribution in [0.1, 0.15) is 32.8 Å². The molecule has 0 aliphatic rings. The van der Waals surface area contributed by atoms with Crippen molar-refractivity contribution < 1.29 is 32.6 Å². The number of nitrogens with one attached hydrogen (secondary N) is 1. The normalized spacial score (nSPS) is 15.0. The maximum atomic E-state index is 12.6. The minimum absolute atomic E-state index is 0.0403. The van der Waals surface area contributed by atoms with Crippen molar-refractivity contribution in [3.63, 3.8) is 0 Å². The summed E-state index contributed by atoms with van der Waals surface area (Å²) in [6, 6.07) is 4.04. The number of ether oxygens (including phenoxy) is 2. The Morgan fingerprint density at radius 3 is 2.12 bits per heavy atom. The van der Waals surface area contributed by atoms with E-state index in [2.05, 4.69) is 4.72 Å². The van der Waals surface area contributed by atoms with Crippen molar-refractivity contribution in [1.29, 1.82) is 0 Å². The number of aryl methyl sites for hydroxylation is 1. The highest BCUT2D eigenvalue weighted by molar-refractivity contribution is 7.89. The molecule has 2 N–H and O–H groups in total. The van der Waals surface area contributed by atoms with Crippen LogP contribution in [0.15, 0.2) is 29.2 Å². The molecule has 0 bridgehead atoms. The molecule has 0 amide bonds. The van der Waals surface area contributed by atoms with Gasteiger partial charge in [-0.3, -0.25) is 4.79 Å². The lowest BCUT2D eigenvalue weighted by molar-refractivity contribution is -0.175. The molecule has 0 spiro atoms. The van der Waals surface area contributed by atoms with Crippen molar-refractivity contribution in [2.24, 2.45) is 0 Å². The monoisotopic (exact) mass is 387 g/mol. The summed E-state index contributed by atoms with van der Waals surface area (Å²) in [4.78, 5) is 24.4. The van der Waals surface area contributed by atoms with E-state index in [1.54, 1.807) is 19.1 Å². The van der Waals surface area contributed by atoms with Crippen LogP contribution in [0, 0.1) is 6.92 Å². The zero-order valence-corrected chi connectivity index (χ0v) is 16.1. The third-order valence-corrected chi connectivity index (χ3v) is 5.21. The Morgan fingerprint density at radius 2 is 1.65 bits per heavy atom. The lowest BCUT2D eigenvalue weighted by atomic mass is 9.92. The average molecular weight is 387 g/mol. The van der Waals surface area contributed by atoms with Gasteiger partial charge >= 0.3 is 11.9 Å². The van der Waals surface area contributed by atoms with Gasteiger partial charge in [0, 0.05) is 0 Å². The van der Waals surface area contributed by atoms with E-state index >= 15 is 0 Å². The lowest BCUT2D eigenvalue weighted by Crippen LogP contribution is -2.61. The van der Waals surface area contributed by atoms with E-state index in [1.807, 2.05) is 0 Å². The number of esters is 2. The maximum absolute atomic E-state index is 12.6. The Balaban J connectivity index is 3.31. The second-order valence-corrected chi connectivity index (χ2v) is 7.33. The smallest absolute Gasteiger partial charge is 0.340 e. The standard InChI is InChI=1S/C17H25NO7S/c1-5-17(21,16(20)25-7-3)14(15(19)24-6-2)18-26(22,23)13-10-8-12(4)9-11-13/h8-11,14,18,21H,5-7H2,1-4H3/t14-,17+/m0/s1. The molecule has 0 radical (unpaired) electrons. The van der Waals surface area contributed by atoms with Crippen LogP contribution >= 0.6 is 0 Å². The molecule has 26 heavy (non-hydrogen) atoms. The summed E-state index contributed by atoms with van der Waals surface area (Å²) >= 11 is 0. The van der Waals surface area contributed by atoms with E-state index in [1.165, 1.54) is 32.9 Å². The first-order valence-corrected chi connectivity index (χ1v) is 9.75. The lowest BCUT2D eigenvalue weighted by Gasteiger charge is -2.31. The molecule has 0 aromatic heterocycles. The molecule has 1 aromatic carbocycles. The highest BCUT2D eigenvalue weighted by atomic mass is 32.2. The second kappa shape index (κ2) is 9.11. The van der Waals surface area contributed by atoms with Gasteiger partial charge in [-0.25, -0.2) is 13.2 Å². The van der Waals surface area contributed by atoms with Crippen molar-refractivity contribution in [3.8, 4) is 0 Å². The average Bonchev–Trinajstić information content (AvgIpc) is 2.59. The third-order valence-electron chi connectivity index (χ3n) is 3.77. The summed E-state index contributed by atoms with van der Waals surface area (Å²) < 4.78 is 37.0. The highest BCUT2D eigenvalue weighted by Gasteiger charge is 2.50. The van der Waals surface area contributed by atoms with Gasteiger partial charge in [-0.05, 0) is 39.3 Å². The third kappa shape index (κ3) is 5.03. The van der Waals surface area contributed by atoms with Crippen LogP contribution in [-0.4, -0.2) is 50.3 Å². The Hall–Kier alpha value is -1.97. The number of carbonyl (C=O) groups is 2. The summed E-state index contributed by atoms with van der Waals surface area (Å²) in [5, 5.41) is 10.7. The van der Waals surface area contributed by atoms with Gasteiger partial charge in [-0.1, -0.05) is 24.6 Å². The fourth-order valence-corrected chi connectivity index (χ4v) is 3.46. The molecule has 2 atom stereocenters. The van der Waals surface area contributed by atoms with Crippen molar-refractivity contribution in [1.82, 2.24) is 4.72 Å². The van der Waals surface area contributed by atoms with Crippen LogP contribution in [-0.2, 0) is 29.1 Å². The molecule has 146 valence electrons. The van der Waals surface area contributed by atoms with Crippen LogP contribution in [0.2, 0.25) is 0 Å². The zero-order valence-electron chi connectivity index (χ0n) is 15.3. The van der Waals surface area contributed by atoms with E-state index in [0.717, 1.165) is 5.56 Å². The first-order chi connectivity index (χ1) is 12.1. The number of carbonyl (C=O) groups excluding carboxylic acids is 2. The fraction of sp³-hybridized carbons (Fsp3) is 0.529. The number of rotatable bonds is 9. The van der Waals surface area contributed by atoms with E-state index in [4.69, 9.17) is 9.47 Å². The number of sulfonamides is 1.